The second kappa shape index (κ2) is 8.45. The maximum absolute atomic E-state index is 10.6. The molecule has 2 N–H and O–H groups in total. The highest BCUT2D eigenvalue weighted by Crippen LogP contribution is 2.68. The lowest BCUT2D eigenvalue weighted by atomic mass is 9.44. The van der Waals surface area contributed by atoms with Gasteiger partial charge in [-0.2, -0.15) is 0 Å². The summed E-state index contributed by atoms with van der Waals surface area (Å²) in [6, 6.07) is 0. The van der Waals surface area contributed by atoms with Gasteiger partial charge in [-0.15, -0.1) is 0 Å². The lowest BCUT2D eigenvalue weighted by Crippen LogP contribution is -2.57. The van der Waals surface area contributed by atoms with Gasteiger partial charge in [0.1, 0.15) is 0 Å². The minimum atomic E-state index is -0.178. The van der Waals surface area contributed by atoms with Crippen molar-refractivity contribution in [3.05, 3.63) is 0 Å². The smallest absolute Gasteiger partial charge is 0.0546 e. The Hall–Kier alpha value is -0.0800. The van der Waals surface area contributed by atoms with Crippen molar-refractivity contribution in [2.24, 2.45) is 52.3 Å². The largest absolute Gasteiger partial charge is 0.396 e. The molecule has 0 aromatic rings. The van der Waals surface area contributed by atoms with Crippen LogP contribution >= 0.6 is 0 Å². The van der Waals surface area contributed by atoms with Gasteiger partial charge in [-0.1, -0.05) is 47.0 Å². The molecule has 0 spiro atoms. The highest BCUT2D eigenvalue weighted by Gasteiger charge is 2.61. The zero-order valence-corrected chi connectivity index (χ0v) is 19.7. The van der Waals surface area contributed by atoms with E-state index in [0.717, 1.165) is 48.9 Å². The Balaban J connectivity index is 1.50. The molecule has 2 nitrogen and oxygen atoms in total. The van der Waals surface area contributed by atoms with Crippen molar-refractivity contribution < 1.29 is 10.2 Å². The summed E-state index contributed by atoms with van der Waals surface area (Å²) in [4.78, 5) is 0. The molecule has 0 aromatic carbocycles. The van der Waals surface area contributed by atoms with Crippen LogP contribution in [0, 0.1) is 52.3 Å². The molecule has 0 aromatic heterocycles. The lowest BCUT2D eigenvalue weighted by Gasteiger charge is -2.61. The van der Waals surface area contributed by atoms with E-state index in [2.05, 4.69) is 27.7 Å². The van der Waals surface area contributed by atoms with E-state index in [-0.39, 0.29) is 11.5 Å². The van der Waals surface area contributed by atoms with Gasteiger partial charge < -0.3 is 10.2 Å². The molecule has 0 heterocycles. The van der Waals surface area contributed by atoms with Crippen molar-refractivity contribution in [1.82, 2.24) is 0 Å². The SMILES string of the molecule is CC(C)CCC[C@@H](C)[C@H]1CC[C@H]2[C@@H]3CCC4CCC(O)C[C@]4(CO)[C@H]3CC[C@]12C. The summed E-state index contributed by atoms with van der Waals surface area (Å²) in [5, 5.41) is 21.1. The van der Waals surface area contributed by atoms with Crippen molar-refractivity contribution in [2.45, 2.75) is 111 Å². The first-order valence-electron chi connectivity index (χ1n) is 13.1. The Morgan fingerprint density at radius 3 is 2.38 bits per heavy atom. The molecule has 4 rings (SSSR count). The van der Waals surface area contributed by atoms with E-state index in [1.165, 1.54) is 57.8 Å². The maximum atomic E-state index is 10.6. The molecule has 4 saturated carbocycles. The fourth-order valence-electron chi connectivity index (χ4n) is 9.41. The molecule has 2 heteroatoms. The lowest BCUT2D eigenvalue weighted by molar-refractivity contribution is -0.159. The van der Waals surface area contributed by atoms with Crippen LogP contribution in [0.4, 0.5) is 0 Å². The van der Waals surface area contributed by atoms with Crippen LogP contribution in [-0.2, 0) is 0 Å². The first-order chi connectivity index (χ1) is 13.8. The molecule has 29 heavy (non-hydrogen) atoms. The van der Waals surface area contributed by atoms with Gasteiger partial charge in [0, 0.05) is 12.0 Å². The summed E-state index contributed by atoms with van der Waals surface area (Å²) >= 11 is 0. The van der Waals surface area contributed by atoms with Crippen molar-refractivity contribution in [3.63, 3.8) is 0 Å². The van der Waals surface area contributed by atoms with Crippen LogP contribution in [0.25, 0.3) is 0 Å². The van der Waals surface area contributed by atoms with Gasteiger partial charge in [-0.3, -0.25) is 0 Å². The monoisotopic (exact) mass is 404 g/mol. The summed E-state index contributed by atoms with van der Waals surface area (Å²) in [5.74, 6) is 5.58. The third kappa shape index (κ3) is 3.73. The van der Waals surface area contributed by atoms with Gasteiger partial charge in [-0.05, 0) is 105 Å². The standard InChI is InChI=1S/C27H48O2/c1-18(2)6-5-7-19(3)23-12-13-24-22-11-9-20-8-10-21(29)16-27(20,17-28)25(22)14-15-26(23,24)4/h18-25,28-29H,5-17H2,1-4H3/t19-,20?,21?,22+,23-,24+,25+,26-,27-/m1/s1. The Kier molecular flexibility index (Phi) is 6.45. The first-order valence-corrected chi connectivity index (χ1v) is 13.1. The zero-order chi connectivity index (χ0) is 20.8. The third-order valence-corrected chi connectivity index (χ3v) is 10.8. The normalized spacial score (nSPS) is 48.1. The predicted molar refractivity (Wildman–Crippen MR) is 120 cm³/mol. The minimum absolute atomic E-state index is 0.0306. The van der Waals surface area contributed by atoms with E-state index >= 15 is 0 Å². The van der Waals surface area contributed by atoms with Gasteiger partial charge in [0.2, 0.25) is 0 Å². The summed E-state index contributed by atoms with van der Waals surface area (Å²) in [6.07, 6.45) is 15.2. The molecule has 168 valence electrons. The second-order valence-corrected chi connectivity index (χ2v) is 12.5. The van der Waals surface area contributed by atoms with Crippen LogP contribution in [0.1, 0.15) is 105 Å². The number of aliphatic hydroxyl groups excluding tert-OH is 2. The summed E-state index contributed by atoms with van der Waals surface area (Å²) in [5.41, 5.74) is 0.554. The average Bonchev–Trinajstić information content (AvgIpc) is 3.04. The molecule has 9 atom stereocenters. The molecule has 0 radical (unpaired) electrons. The molecule has 0 amide bonds. The summed E-state index contributed by atoms with van der Waals surface area (Å²) in [6.45, 7) is 10.2. The first kappa shape index (κ1) is 22.1. The molecule has 4 aliphatic rings. The minimum Gasteiger partial charge on any atom is -0.396 e. The highest BCUT2D eigenvalue weighted by atomic mass is 16.3. The summed E-state index contributed by atoms with van der Waals surface area (Å²) < 4.78 is 0. The van der Waals surface area contributed by atoms with E-state index < -0.39 is 0 Å². The van der Waals surface area contributed by atoms with Crippen LogP contribution in [0.2, 0.25) is 0 Å². The fourth-order valence-corrected chi connectivity index (χ4v) is 9.41. The van der Waals surface area contributed by atoms with Crippen molar-refractivity contribution in [2.75, 3.05) is 6.61 Å². The van der Waals surface area contributed by atoms with Gasteiger partial charge in [0.15, 0.2) is 0 Å². The topological polar surface area (TPSA) is 40.5 Å². The van der Waals surface area contributed by atoms with E-state index in [9.17, 15) is 10.2 Å². The van der Waals surface area contributed by atoms with Gasteiger partial charge in [-0.25, -0.2) is 0 Å². The van der Waals surface area contributed by atoms with E-state index in [1.807, 2.05) is 0 Å². The predicted octanol–water partition coefficient (Wildman–Crippen LogP) is 6.44. The molecule has 2 unspecified atom stereocenters. The maximum Gasteiger partial charge on any atom is 0.0546 e. The Morgan fingerprint density at radius 1 is 0.897 bits per heavy atom. The average molecular weight is 405 g/mol. The van der Waals surface area contributed by atoms with E-state index in [1.54, 1.807) is 0 Å². The zero-order valence-electron chi connectivity index (χ0n) is 19.7. The Bertz CT molecular complexity index is 559. The van der Waals surface area contributed by atoms with Gasteiger partial charge in [0.05, 0.1) is 6.10 Å². The highest BCUT2D eigenvalue weighted by molar-refractivity contribution is 5.10. The summed E-state index contributed by atoms with van der Waals surface area (Å²) in [7, 11) is 0. The number of hydrogen-bond donors (Lipinski definition) is 2. The molecular weight excluding hydrogens is 356 g/mol. The van der Waals surface area contributed by atoms with Crippen LogP contribution < -0.4 is 0 Å². The molecule has 4 aliphatic carbocycles. The molecule has 0 bridgehead atoms. The molecule has 0 saturated heterocycles. The van der Waals surface area contributed by atoms with Crippen molar-refractivity contribution >= 4 is 0 Å². The quantitative estimate of drug-likeness (QED) is 0.534. The molecular formula is C27H48O2. The molecule has 4 fully saturated rings. The fraction of sp³-hybridized carbons (Fsp3) is 1.00. The van der Waals surface area contributed by atoms with E-state index in [4.69, 9.17) is 0 Å². The third-order valence-electron chi connectivity index (χ3n) is 10.8. The van der Waals surface area contributed by atoms with Crippen LogP contribution in [0.5, 0.6) is 0 Å². The Labute approximate surface area is 180 Å². The number of aliphatic hydroxyl groups is 2. The van der Waals surface area contributed by atoms with Gasteiger partial charge in [0.25, 0.3) is 0 Å². The Morgan fingerprint density at radius 2 is 1.66 bits per heavy atom. The van der Waals surface area contributed by atoms with Crippen molar-refractivity contribution in [3.8, 4) is 0 Å². The number of fused-ring (bicyclic) bond motifs is 5. The van der Waals surface area contributed by atoms with Crippen LogP contribution in [0.15, 0.2) is 0 Å². The van der Waals surface area contributed by atoms with Crippen LogP contribution in [0.3, 0.4) is 0 Å². The van der Waals surface area contributed by atoms with E-state index in [0.29, 0.717) is 23.9 Å². The number of rotatable bonds is 6. The second-order valence-electron chi connectivity index (χ2n) is 12.5. The van der Waals surface area contributed by atoms with Gasteiger partial charge >= 0.3 is 0 Å². The van der Waals surface area contributed by atoms with Crippen molar-refractivity contribution in [1.29, 1.82) is 0 Å². The van der Waals surface area contributed by atoms with Crippen LogP contribution in [-0.4, -0.2) is 22.9 Å². The number of hydrogen-bond acceptors (Lipinski definition) is 2. The molecule has 0 aliphatic heterocycles.